The van der Waals surface area contributed by atoms with Crippen LogP contribution >= 0.6 is 15.9 Å². The number of rotatable bonds is 6. The number of aryl methyl sites for hydroxylation is 1. The number of aromatic nitrogens is 1. The molecule has 0 unspecified atom stereocenters. The molecular weight excluding hydrogens is 446 g/mol. The minimum atomic E-state index is -0.369. The molecule has 0 saturated carbocycles. The molecular formula is C23H18BrN3O3. The standard InChI is InChI=1S/C23H18BrN3O3/c1-14-10-20(27-23(29)15-4-7-17(25-2)8-5-15)19(12-22(14)30-3)21(28)11-18-9-6-16(24)13-26-18/h4-10,12-13H,11H2,1,3H3,(H,27,29). The molecule has 0 aliphatic carbocycles. The fourth-order valence-electron chi connectivity index (χ4n) is 2.89. The van der Waals surface area contributed by atoms with Crippen LogP contribution in [0.5, 0.6) is 5.75 Å². The van der Waals surface area contributed by atoms with Gasteiger partial charge in [-0.2, -0.15) is 0 Å². The molecule has 7 heteroatoms. The first kappa shape index (κ1) is 21.2. The van der Waals surface area contributed by atoms with Crippen molar-refractivity contribution in [3.05, 3.63) is 93.0 Å². The molecule has 0 bridgehead atoms. The van der Waals surface area contributed by atoms with Crippen LogP contribution in [0.25, 0.3) is 4.85 Å². The van der Waals surface area contributed by atoms with E-state index in [0.29, 0.717) is 33.9 Å². The summed E-state index contributed by atoms with van der Waals surface area (Å²) in [4.78, 5) is 33.3. The lowest BCUT2D eigenvalue weighted by Gasteiger charge is -2.14. The SMILES string of the molecule is [C-]#[N+]c1ccc(C(=O)Nc2cc(C)c(OC)cc2C(=O)Cc2ccc(Br)cn2)cc1. The zero-order valence-electron chi connectivity index (χ0n) is 16.4. The van der Waals surface area contributed by atoms with Crippen LogP contribution in [0.3, 0.4) is 0 Å². The number of nitrogens with zero attached hydrogens (tertiary/aromatic N) is 2. The largest absolute Gasteiger partial charge is 0.496 e. The predicted octanol–water partition coefficient (Wildman–Crippen LogP) is 5.39. The number of hydrogen-bond acceptors (Lipinski definition) is 4. The lowest BCUT2D eigenvalue weighted by molar-refractivity contribution is 0.0992. The summed E-state index contributed by atoms with van der Waals surface area (Å²) in [5.41, 5.74) is 2.99. The second kappa shape index (κ2) is 9.33. The highest BCUT2D eigenvalue weighted by Crippen LogP contribution is 2.28. The van der Waals surface area contributed by atoms with Crippen LogP contribution in [0.1, 0.15) is 32.0 Å². The quantitative estimate of drug-likeness (QED) is 0.392. The van der Waals surface area contributed by atoms with Crippen molar-refractivity contribution in [3.8, 4) is 5.75 Å². The highest BCUT2D eigenvalue weighted by Gasteiger charge is 2.18. The number of methoxy groups -OCH3 is 1. The van der Waals surface area contributed by atoms with E-state index >= 15 is 0 Å². The molecule has 1 heterocycles. The first-order chi connectivity index (χ1) is 14.4. The fraction of sp³-hybridized carbons (Fsp3) is 0.130. The number of benzene rings is 2. The molecule has 2 aromatic carbocycles. The highest BCUT2D eigenvalue weighted by atomic mass is 79.9. The van der Waals surface area contributed by atoms with Crippen LogP contribution in [0, 0.1) is 13.5 Å². The Morgan fingerprint density at radius 2 is 1.90 bits per heavy atom. The molecule has 30 heavy (non-hydrogen) atoms. The van der Waals surface area contributed by atoms with E-state index in [1.807, 2.05) is 13.0 Å². The van der Waals surface area contributed by atoms with Crippen LogP contribution in [0.2, 0.25) is 0 Å². The summed E-state index contributed by atoms with van der Waals surface area (Å²) in [6.07, 6.45) is 1.72. The second-order valence-electron chi connectivity index (χ2n) is 6.55. The molecule has 150 valence electrons. The van der Waals surface area contributed by atoms with Crippen LogP contribution < -0.4 is 10.1 Å². The van der Waals surface area contributed by atoms with Crippen molar-refractivity contribution < 1.29 is 14.3 Å². The third kappa shape index (κ3) is 4.91. The molecule has 0 aliphatic heterocycles. The Bertz CT molecular complexity index is 1130. The van der Waals surface area contributed by atoms with Crippen molar-refractivity contribution >= 4 is 39.0 Å². The van der Waals surface area contributed by atoms with Gasteiger partial charge in [-0.15, -0.1) is 0 Å². The van der Waals surface area contributed by atoms with E-state index in [9.17, 15) is 9.59 Å². The number of pyridine rings is 1. The smallest absolute Gasteiger partial charge is 0.255 e. The summed E-state index contributed by atoms with van der Waals surface area (Å²) < 4.78 is 6.18. The number of amides is 1. The van der Waals surface area contributed by atoms with Gasteiger partial charge in [-0.25, -0.2) is 4.85 Å². The first-order valence-corrected chi connectivity index (χ1v) is 9.81. The molecule has 0 radical (unpaired) electrons. The molecule has 3 aromatic rings. The van der Waals surface area contributed by atoms with E-state index in [0.717, 1.165) is 10.0 Å². The minimum absolute atomic E-state index is 0.0854. The van der Waals surface area contributed by atoms with Gasteiger partial charge in [0.15, 0.2) is 11.5 Å². The van der Waals surface area contributed by atoms with Crippen molar-refractivity contribution in [1.29, 1.82) is 0 Å². The van der Waals surface area contributed by atoms with Crippen LogP contribution in [0.4, 0.5) is 11.4 Å². The number of Topliss-reactive ketones (excluding diaryl/α,β-unsaturated/α-hetero) is 1. The number of hydrogen-bond donors (Lipinski definition) is 1. The number of halogens is 1. The lowest BCUT2D eigenvalue weighted by atomic mass is 10.0. The van der Waals surface area contributed by atoms with Crippen LogP contribution in [0.15, 0.2) is 59.2 Å². The maximum Gasteiger partial charge on any atom is 0.255 e. The summed E-state index contributed by atoms with van der Waals surface area (Å²) in [7, 11) is 1.53. The van der Waals surface area contributed by atoms with Gasteiger partial charge < -0.3 is 10.1 Å². The Morgan fingerprint density at radius 3 is 2.50 bits per heavy atom. The van der Waals surface area contributed by atoms with Crippen LogP contribution in [-0.4, -0.2) is 23.8 Å². The van der Waals surface area contributed by atoms with Crippen molar-refractivity contribution in [1.82, 2.24) is 4.98 Å². The summed E-state index contributed by atoms with van der Waals surface area (Å²) in [5, 5.41) is 2.81. The van der Waals surface area contributed by atoms with Gasteiger partial charge in [-0.05, 0) is 52.7 Å². The van der Waals surface area contributed by atoms with E-state index in [4.69, 9.17) is 11.3 Å². The maximum absolute atomic E-state index is 13.0. The van der Waals surface area contributed by atoms with Gasteiger partial charge in [-0.1, -0.05) is 24.3 Å². The Balaban J connectivity index is 1.91. The monoisotopic (exact) mass is 463 g/mol. The summed E-state index contributed by atoms with van der Waals surface area (Å²) in [6, 6.07) is 13.2. The van der Waals surface area contributed by atoms with E-state index < -0.39 is 0 Å². The molecule has 0 spiro atoms. The molecule has 3 rings (SSSR count). The second-order valence-corrected chi connectivity index (χ2v) is 7.46. The fourth-order valence-corrected chi connectivity index (χ4v) is 3.13. The van der Waals surface area contributed by atoms with E-state index in [1.165, 1.54) is 7.11 Å². The summed E-state index contributed by atoms with van der Waals surface area (Å²) in [5.74, 6) is -0.00443. The van der Waals surface area contributed by atoms with Gasteiger partial charge in [0.1, 0.15) is 5.75 Å². The molecule has 0 saturated heterocycles. The molecule has 1 N–H and O–H groups in total. The number of ether oxygens (including phenoxy) is 1. The van der Waals surface area contributed by atoms with Crippen molar-refractivity contribution in [2.45, 2.75) is 13.3 Å². The van der Waals surface area contributed by atoms with E-state index in [-0.39, 0.29) is 18.1 Å². The number of carbonyl (C=O) groups is 2. The van der Waals surface area contributed by atoms with Gasteiger partial charge in [0.2, 0.25) is 0 Å². The van der Waals surface area contributed by atoms with Gasteiger partial charge >= 0.3 is 0 Å². The molecule has 0 atom stereocenters. The number of nitrogens with one attached hydrogen (secondary N) is 1. The molecule has 0 fully saturated rings. The minimum Gasteiger partial charge on any atom is -0.496 e. The summed E-state index contributed by atoms with van der Waals surface area (Å²) >= 11 is 3.33. The third-order valence-electron chi connectivity index (χ3n) is 4.47. The number of anilines is 1. The maximum atomic E-state index is 13.0. The Kier molecular flexibility index (Phi) is 6.60. The normalized spacial score (nSPS) is 10.2. The average molecular weight is 464 g/mol. The molecule has 0 aliphatic rings. The van der Waals surface area contributed by atoms with Gasteiger partial charge in [0.25, 0.3) is 5.91 Å². The zero-order chi connectivity index (χ0) is 21.7. The Morgan fingerprint density at radius 1 is 1.17 bits per heavy atom. The Labute approximate surface area is 182 Å². The predicted molar refractivity (Wildman–Crippen MR) is 118 cm³/mol. The van der Waals surface area contributed by atoms with Gasteiger partial charge in [-0.3, -0.25) is 14.6 Å². The molecule has 1 amide bonds. The van der Waals surface area contributed by atoms with Crippen molar-refractivity contribution in [3.63, 3.8) is 0 Å². The summed E-state index contributed by atoms with van der Waals surface area (Å²) in [6.45, 7) is 8.85. The average Bonchev–Trinajstić information content (AvgIpc) is 2.75. The Hall–Kier alpha value is -3.50. The topological polar surface area (TPSA) is 72.7 Å². The zero-order valence-corrected chi connectivity index (χ0v) is 18.0. The highest BCUT2D eigenvalue weighted by molar-refractivity contribution is 9.10. The van der Waals surface area contributed by atoms with Crippen LogP contribution in [-0.2, 0) is 6.42 Å². The first-order valence-electron chi connectivity index (χ1n) is 9.02. The number of ketones is 1. The van der Waals surface area contributed by atoms with Gasteiger partial charge in [0.05, 0.1) is 25.8 Å². The third-order valence-corrected chi connectivity index (χ3v) is 4.94. The van der Waals surface area contributed by atoms with Crippen molar-refractivity contribution in [2.75, 3.05) is 12.4 Å². The molecule has 1 aromatic heterocycles. The van der Waals surface area contributed by atoms with E-state index in [1.54, 1.807) is 48.7 Å². The molecule has 6 nitrogen and oxygen atoms in total. The van der Waals surface area contributed by atoms with Crippen molar-refractivity contribution in [2.24, 2.45) is 0 Å². The lowest BCUT2D eigenvalue weighted by Crippen LogP contribution is -2.16. The number of carbonyl (C=O) groups excluding carboxylic acids is 2. The van der Waals surface area contributed by atoms with Gasteiger partial charge in [0, 0.05) is 27.5 Å². The van der Waals surface area contributed by atoms with E-state index in [2.05, 4.69) is 31.1 Å².